The summed E-state index contributed by atoms with van der Waals surface area (Å²) in [6.45, 7) is 4.59. The molecule has 86 valence electrons. The van der Waals surface area contributed by atoms with Crippen molar-refractivity contribution in [3.05, 3.63) is 18.6 Å². The van der Waals surface area contributed by atoms with Crippen LogP contribution in [0.1, 0.15) is 13.3 Å². The molecule has 0 fully saturated rings. The molecule has 0 saturated carbocycles. The van der Waals surface area contributed by atoms with E-state index in [9.17, 15) is 0 Å². The number of rotatable bonds is 5. The molecule has 0 unspecified atom stereocenters. The van der Waals surface area contributed by atoms with Gasteiger partial charge < -0.3 is 15.6 Å². The Morgan fingerprint density at radius 2 is 2.25 bits per heavy atom. The van der Waals surface area contributed by atoms with Crippen LogP contribution >= 0.6 is 0 Å². The molecular weight excluding hydrogens is 202 g/mol. The number of aromatic amines is 1. The van der Waals surface area contributed by atoms with Gasteiger partial charge >= 0.3 is 0 Å². The van der Waals surface area contributed by atoms with Gasteiger partial charge in [-0.05, 0) is 6.42 Å². The molecule has 3 N–H and O–H groups in total. The highest BCUT2D eigenvalue weighted by Gasteiger charge is 2.07. The third-order valence-corrected chi connectivity index (χ3v) is 2.51. The van der Waals surface area contributed by atoms with Crippen molar-refractivity contribution in [2.24, 2.45) is 5.73 Å². The number of hydrogen-bond acceptors (Lipinski definition) is 4. The Balaban J connectivity index is 2.28. The standard InChI is InChI=1S/C11H17N5/c1-2-4-16(5-3-12)11-6-9-10(7-13-11)15-8-14-9/h6-8H,2-5,12H2,1H3,(H,14,15). The quantitative estimate of drug-likeness (QED) is 0.791. The Morgan fingerprint density at radius 1 is 1.38 bits per heavy atom. The maximum Gasteiger partial charge on any atom is 0.130 e. The fourth-order valence-electron chi connectivity index (χ4n) is 1.76. The number of nitrogens with zero attached hydrogens (tertiary/aromatic N) is 3. The molecule has 2 rings (SSSR count). The summed E-state index contributed by atoms with van der Waals surface area (Å²) in [7, 11) is 0. The zero-order valence-corrected chi connectivity index (χ0v) is 9.48. The first-order valence-corrected chi connectivity index (χ1v) is 5.59. The van der Waals surface area contributed by atoms with Gasteiger partial charge in [0.25, 0.3) is 0 Å². The highest BCUT2D eigenvalue weighted by atomic mass is 15.2. The van der Waals surface area contributed by atoms with Crippen molar-refractivity contribution < 1.29 is 0 Å². The van der Waals surface area contributed by atoms with E-state index in [1.54, 1.807) is 6.33 Å². The molecule has 0 aliphatic heterocycles. The Kier molecular flexibility index (Phi) is 3.36. The third-order valence-electron chi connectivity index (χ3n) is 2.51. The van der Waals surface area contributed by atoms with Crippen LogP contribution in [0.3, 0.4) is 0 Å². The van der Waals surface area contributed by atoms with E-state index in [0.29, 0.717) is 6.54 Å². The van der Waals surface area contributed by atoms with Gasteiger partial charge in [0.15, 0.2) is 0 Å². The van der Waals surface area contributed by atoms with Gasteiger partial charge in [-0.2, -0.15) is 0 Å². The first-order chi connectivity index (χ1) is 7.85. The van der Waals surface area contributed by atoms with Crippen molar-refractivity contribution in [3.8, 4) is 0 Å². The van der Waals surface area contributed by atoms with Gasteiger partial charge in [0.1, 0.15) is 5.82 Å². The van der Waals surface area contributed by atoms with Crippen molar-refractivity contribution in [1.82, 2.24) is 15.0 Å². The predicted molar refractivity (Wildman–Crippen MR) is 65.4 cm³/mol. The molecule has 0 atom stereocenters. The maximum atomic E-state index is 5.60. The molecular formula is C11H17N5. The van der Waals surface area contributed by atoms with Crippen LogP contribution in [0.5, 0.6) is 0 Å². The van der Waals surface area contributed by atoms with E-state index in [1.807, 2.05) is 12.3 Å². The van der Waals surface area contributed by atoms with E-state index in [-0.39, 0.29) is 0 Å². The number of H-pyrrole nitrogens is 1. The second kappa shape index (κ2) is 4.94. The summed E-state index contributed by atoms with van der Waals surface area (Å²) in [5, 5.41) is 0. The smallest absolute Gasteiger partial charge is 0.130 e. The van der Waals surface area contributed by atoms with E-state index in [1.165, 1.54) is 0 Å². The van der Waals surface area contributed by atoms with Crippen molar-refractivity contribution in [2.45, 2.75) is 13.3 Å². The highest BCUT2D eigenvalue weighted by molar-refractivity contribution is 5.76. The monoisotopic (exact) mass is 219 g/mol. The second-order valence-corrected chi connectivity index (χ2v) is 3.74. The molecule has 0 aliphatic rings. The van der Waals surface area contributed by atoms with E-state index < -0.39 is 0 Å². The average molecular weight is 219 g/mol. The molecule has 0 spiro atoms. The van der Waals surface area contributed by atoms with E-state index >= 15 is 0 Å². The molecule has 0 amide bonds. The van der Waals surface area contributed by atoms with Crippen LogP contribution in [-0.4, -0.2) is 34.6 Å². The predicted octanol–water partition coefficient (Wildman–Crippen LogP) is 1.13. The SMILES string of the molecule is CCCN(CCN)c1cc2nc[nH]c2cn1. The van der Waals surface area contributed by atoms with Crippen molar-refractivity contribution >= 4 is 16.9 Å². The summed E-state index contributed by atoms with van der Waals surface area (Å²) in [5.74, 6) is 0.951. The zero-order valence-electron chi connectivity index (χ0n) is 9.48. The number of nitrogens with two attached hydrogens (primary N) is 1. The van der Waals surface area contributed by atoms with Crippen LogP contribution in [0.2, 0.25) is 0 Å². The molecule has 5 nitrogen and oxygen atoms in total. The van der Waals surface area contributed by atoms with E-state index in [2.05, 4.69) is 26.8 Å². The topological polar surface area (TPSA) is 70.8 Å². The van der Waals surface area contributed by atoms with Gasteiger partial charge in [-0.3, -0.25) is 0 Å². The fourth-order valence-corrected chi connectivity index (χ4v) is 1.76. The van der Waals surface area contributed by atoms with Crippen LogP contribution in [-0.2, 0) is 0 Å². The Bertz CT molecular complexity index is 444. The minimum absolute atomic E-state index is 0.639. The molecule has 2 aromatic heterocycles. The van der Waals surface area contributed by atoms with Crippen molar-refractivity contribution in [3.63, 3.8) is 0 Å². The number of fused-ring (bicyclic) bond motifs is 1. The molecule has 2 heterocycles. The van der Waals surface area contributed by atoms with E-state index in [0.717, 1.165) is 36.4 Å². The van der Waals surface area contributed by atoms with E-state index in [4.69, 9.17) is 5.73 Å². The lowest BCUT2D eigenvalue weighted by molar-refractivity contribution is 0.752. The van der Waals surface area contributed by atoms with Crippen LogP contribution in [0.25, 0.3) is 11.0 Å². The van der Waals surface area contributed by atoms with Gasteiger partial charge in [0.2, 0.25) is 0 Å². The number of pyridine rings is 1. The number of aromatic nitrogens is 3. The Morgan fingerprint density at radius 3 is 3.00 bits per heavy atom. The van der Waals surface area contributed by atoms with Crippen molar-refractivity contribution in [1.29, 1.82) is 0 Å². The zero-order chi connectivity index (χ0) is 11.4. The summed E-state index contributed by atoms with van der Waals surface area (Å²) in [6.07, 6.45) is 4.58. The lowest BCUT2D eigenvalue weighted by Gasteiger charge is -2.22. The van der Waals surface area contributed by atoms with Crippen LogP contribution in [0, 0.1) is 0 Å². The largest absolute Gasteiger partial charge is 0.355 e. The summed E-state index contributed by atoms with van der Waals surface area (Å²) in [4.78, 5) is 13.9. The summed E-state index contributed by atoms with van der Waals surface area (Å²) in [5.41, 5.74) is 7.51. The molecule has 16 heavy (non-hydrogen) atoms. The van der Waals surface area contributed by atoms with Gasteiger partial charge in [0, 0.05) is 25.7 Å². The minimum Gasteiger partial charge on any atom is -0.355 e. The maximum absolute atomic E-state index is 5.60. The van der Waals surface area contributed by atoms with Crippen LogP contribution in [0.15, 0.2) is 18.6 Å². The number of nitrogens with one attached hydrogen (secondary N) is 1. The average Bonchev–Trinajstić information content (AvgIpc) is 2.75. The van der Waals surface area contributed by atoms with Gasteiger partial charge in [0.05, 0.1) is 23.6 Å². The number of hydrogen-bond donors (Lipinski definition) is 2. The van der Waals surface area contributed by atoms with Crippen LogP contribution in [0.4, 0.5) is 5.82 Å². The fraction of sp³-hybridized carbons (Fsp3) is 0.455. The Labute approximate surface area is 94.7 Å². The molecule has 5 heteroatoms. The summed E-state index contributed by atoms with van der Waals surface area (Å²) >= 11 is 0. The van der Waals surface area contributed by atoms with Crippen LogP contribution < -0.4 is 10.6 Å². The normalized spacial score (nSPS) is 10.9. The lowest BCUT2D eigenvalue weighted by Crippen LogP contribution is -2.30. The Hall–Kier alpha value is -1.62. The summed E-state index contributed by atoms with van der Waals surface area (Å²) < 4.78 is 0. The first-order valence-electron chi connectivity index (χ1n) is 5.59. The number of imidazole rings is 1. The first kappa shape index (κ1) is 10.9. The molecule has 0 saturated heterocycles. The molecule has 0 radical (unpaired) electrons. The highest BCUT2D eigenvalue weighted by Crippen LogP contribution is 2.16. The lowest BCUT2D eigenvalue weighted by atomic mass is 10.3. The molecule has 0 aliphatic carbocycles. The summed E-state index contributed by atoms with van der Waals surface area (Å²) in [6, 6.07) is 2.00. The minimum atomic E-state index is 0.639. The molecule has 0 aromatic carbocycles. The molecule has 2 aromatic rings. The van der Waals surface area contributed by atoms with Gasteiger partial charge in [-0.15, -0.1) is 0 Å². The van der Waals surface area contributed by atoms with Gasteiger partial charge in [-0.25, -0.2) is 9.97 Å². The third kappa shape index (κ3) is 2.14. The molecule has 0 bridgehead atoms. The van der Waals surface area contributed by atoms with Gasteiger partial charge in [-0.1, -0.05) is 6.92 Å². The second-order valence-electron chi connectivity index (χ2n) is 3.74. The number of anilines is 1. The van der Waals surface area contributed by atoms with Crippen molar-refractivity contribution in [2.75, 3.05) is 24.5 Å².